The van der Waals surface area contributed by atoms with Crippen molar-refractivity contribution in [1.29, 1.82) is 0 Å². The second-order valence-corrected chi connectivity index (χ2v) is 13.0. The normalized spacial score (nSPS) is 22.2. The van der Waals surface area contributed by atoms with Crippen molar-refractivity contribution < 1.29 is 9.05 Å². The minimum absolute atomic E-state index is 0.150. The number of rotatable bonds is 2. The summed E-state index contributed by atoms with van der Waals surface area (Å²) in [5, 5.41) is 0. The predicted molar refractivity (Wildman–Crippen MR) is 140 cm³/mol. The van der Waals surface area contributed by atoms with Crippen LogP contribution in [0, 0.1) is 13.8 Å². The summed E-state index contributed by atoms with van der Waals surface area (Å²) in [5.74, 6) is 1.98. The molecule has 178 valence electrons. The molecule has 0 saturated heterocycles. The van der Waals surface area contributed by atoms with Gasteiger partial charge in [0.2, 0.25) is 0 Å². The second-order valence-electron chi connectivity index (χ2n) is 11.4. The number of aryl methyl sites for hydroxylation is 2. The third-order valence-corrected chi connectivity index (χ3v) is 9.61. The molecule has 4 heteroatoms. The van der Waals surface area contributed by atoms with Crippen LogP contribution in [-0.4, -0.2) is 0 Å². The van der Waals surface area contributed by atoms with Gasteiger partial charge in [-0.3, -0.25) is 0 Å². The van der Waals surface area contributed by atoms with Gasteiger partial charge in [0.25, 0.3) is 0 Å². The van der Waals surface area contributed by atoms with E-state index >= 15 is 0 Å². The lowest BCUT2D eigenvalue weighted by atomic mass is 9.69. The van der Waals surface area contributed by atoms with Gasteiger partial charge in [-0.15, -0.1) is 0 Å². The zero-order valence-electron chi connectivity index (χ0n) is 20.7. The van der Waals surface area contributed by atoms with E-state index in [2.05, 4.69) is 52.0 Å². The summed E-state index contributed by atoms with van der Waals surface area (Å²) in [6, 6.07) is 9.31. The quantitative estimate of drug-likeness (QED) is 0.395. The summed E-state index contributed by atoms with van der Waals surface area (Å²) in [4.78, 5) is 0. The summed E-state index contributed by atoms with van der Waals surface area (Å²) < 4.78 is 13.0. The minimum Gasteiger partial charge on any atom is -0.427 e. The van der Waals surface area contributed by atoms with Crippen LogP contribution in [0.1, 0.15) is 111 Å². The molecule has 0 unspecified atom stereocenters. The molecule has 2 aromatic rings. The molecule has 0 bridgehead atoms. The molecule has 0 N–H and O–H groups in total. The van der Waals surface area contributed by atoms with Crippen molar-refractivity contribution in [3.63, 3.8) is 0 Å². The van der Waals surface area contributed by atoms with Crippen molar-refractivity contribution >= 4 is 19.0 Å². The molecule has 0 spiro atoms. The van der Waals surface area contributed by atoms with E-state index in [0.29, 0.717) is 0 Å². The Hall–Kier alpha value is -1.24. The van der Waals surface area contributed by atoms with E-state index < -0.39 is 7.73 Å². The van der Waals surface area contributed by atoms with Gasteiger partial charge in [-0.25, -0.2) is 0 Å². The van der Waals surface area contributed by atoms with E-state index in [1.165, 1.54) is 97.6 Å². The van der Waals surface area contributed by atoms with Gasteiger partial charge in [-0.2, -0.15) is 0 Å². The van der Waals surface area contributed by atoms with Gasteiger partial charge in [0, 0.05) is 17.5 Å². The van der Waals surface area contributed by atoms with Crippen LogP contribution in [0.25, 0.3) is 0 Å². The minimum atomic E-state index is -1.57. The highest BCUT2D eigenvalue weighted by Crippen LogP contribution is 2.56. The Morgan fingerprint density at radius 2 is 1.06 bits per heavy atom. The van der Waals surface area contributed by atoms with Crippen molar-refractivity contribution in [2.45, 2.75) is 109 Å². The van der Waals surface area contributed by atoms with Gasteiger partial charge in [0.15, 0.2) is 0 Å². The molecule has 5 rings (SSSR count). The molecule has 0 atom stereocenters. The lowest BCUT2D eigenvalue weighted by Gasteiger charge is -2.38. The first-order valence-electron chi connectivity index (χ1n) is 12.9. The highest BCUT2D eigenvalue weighted by molar-refractivity contribution is 7.76. The molecule has 1 heterocycles. The van der Waals surface area contributed by atoms with Crippen LogP contribution in [0.15, 0.2) is 24.3 Å². The average Bonchev–Trinajstić information content (AvgIpc) is 2.77. The Kier molecular flexibility index (Phi) is 6.47. The number of benzene rings is 2. The number of fused-ring (bicyclic) bond motifs is 2. The van der Waals surface area contributed by atoms with Crippen molar-refractivity contribution in [3.8, 4) is 11.5 Å². The van der Waals surface area contributed by atoms with Gasteiger partial charge >= 0.3 is 7.73 Å². The zero-order chi connectivity index (χ0) is 23.2. The SMILES string of the molecule is Cc1cc2c(c(C3(C)CCCCC3)c1)OP(Cl)Oc1c(cc(C)cc1C1(C)CCCCC1)C2. The molecule has 2 fully saturated rings. The largest absolute Gasteiger partial charge is 0.427 e. The van der Waals surface area contributed by atoms with Crippen LogP contribution >= 0.6 is 19.0 Å². The first kappa shape index (κ1) is 23.5. The summed E-state index contributed by atoms with van der Waals surface area (Å²) in [6.07, 6.45) is 13.5. The van der Waals surface area contributed by atoms with Gasteiger partial charge in [-0.05, 0) is 72.7 Å². The fourth-order valence-electron chi connectivity index (χ4n) is 6.64. The van der Waals surface area contributed by atoms with Gasteiger partial charge < -0.3 is 9.05 Å². The number of hydrogen-bond donors (Lipinski definition) is 0. The topological polar surface area (TPSA) is 18.5 Å². The summed E-state index contributed by atoms with van der Waals surface area (Å²) in [7, 11) is -1.57. The molecule has 3 aliphatic rings. The van der Waals surface area contributed by atoms with E-state index in [9.17, 15) is 0 Å². The fourth-order valence-corrected chi connectivity index (χ4v) is 7.81. The molecule has 0 amide bonds. The predicted octanol–water partition coefficient (Wildman–Crippen LogP) is 9.57. The summed E-state index contributed by atoms with van der Waals surface area (Å²) in [5.41, 5.74) is 8.13. The van der Waals surface area contributed by atoms with Crippen molar-refractivity contribution in [2.24, 2.45) is 0 Å². The lowest BCUT2D eigenvalue weighted by Crippen LogP contribution is -2.27. The Balaban J connectivity index is 1.64. The zero-order valence-corrected chi connectivity index (χ0v) is 22.4. The monoisotopic (exact) mass is 484 g/mol. The molecule has 33 heavy (non-hydrogen) atoms. The van der Waals surface area contributed by atoms with Crippen molar-refractivity contribution in [2.75, 3.05) is 0 Å². The third-order valence-electron chi connectivity index (χ3n) is 8.54. The lowest BCUT2D eigenvalue weighted by molar-refractivity contribution is 0.309. The van der Waals surface area contributed by atoms with Crippen LogP contribution in [0.5, 0.6) is 11.5 Å². The molecular weight excluding hydrogens is 447 g/mol. The maximum Gasteiger partial charge on any atom is 0.401 e. The maximum atomic E-state index is 6.86. The van der Waals surface area contributed by atoms with Crippen LogP contribution < -0.4 is 9.05 Å². The standard InChI is InChI=1S/C29H38ClO2P/c1-20-15-22-19-23-16-21(2)18-25(29(4)13-9-6-10-14-29)27(23)32-33(30)31-26(22)24(17-20)28(3)11-7-5-8-12-28/h15-18H,5-14,19H2,1-4H3. The van der Waals surface area contributed by atoms with Crippen molar-refractivity contribution in [3.05, 3.63) is 57.6 Å². The molecule has 2 aromatic carbocycles. The van der Waals surface area contributed by atoms with Crippen LogP contribution in [0.3, 0.4) is 0 Å². The van der Waals surface area contributed by atoms with Gasteiger partial charge in [-0.1, -0.05) is 87.8 Å². The van der Waals surface area contributed by atoms with Gasteiger partial charge in [0.05, 0.1) is 0 Å². The van der Waals surface area contributed by atoms with Gasteiger partial charge in [0.1, 0.15) is 11.5 Å². The number of halogens is 1. The number of hydrogen-bond acceptors (Lipinski definition) is 2. The van der Waals surface area contributed by atoms with Crippen LogP contribution in [-0.2, 0) is 17.3 Å². The molecule has 2 aliphatic carbocycles. The maximum absolute atomic E-state index is 6.86. The molecule has 0 aromatic heterocycles. The van der Waals surface area contributed by atoms with E-state index in [1.54, 1.807) is 0 Å². The first-order valence-corrected chi connectivity index (χ1v) is 15.0. The molecule has 2 nitrogen and oxygen atoms in total. The molecule has 2 saturated carbocycles. The first-order chi connectivity index (χ1) is 15.8. The Labute approximate surface area is 206 Å². The van der Waals surface area contributed by atoms with Crippen LogP contribution in [0.2, 0.25) is 0 Å². The summed E-state index contributed by atoms with van der Waals surface area (Å²) in [6.45, 7) is 9.28. The van der Waals surface area contributed by atoms with E-state index in [4.69, 9.17) is 20.3 Å². The molecule has 1 aliphatic heterocycles. The highest BCUT2D eigenvalue weighted by Gasteiger charge is 2.37. The third kappa shape index (κ3) is 4.55. The summed E-state index contributed by atoms with van der Waals surface area (Å²) >= 11 is 6.86. The van der Waals surface area contributed by atoms with Crippen molar-refractivity contribution in [1.82, 2.24) is 0 Å². The Morgan fingerprint density at radius 1 is 0.667 bits per heavy atom. The molecular formula is C29H38ClO2P. The smallest absolute Gasteiger partial charge is 0.401 e. The van der Waals surface area contributed by atoms with E-state index in [-0.39, 0.29) is 10.8 Å². The van der Waals surface area contributed by atoms with Crippen LogP contribution in [0.4, 0.5) is 0 Å². The fraction of sp³-hybridized carbons (Fsp3) is 0.586. The van der Waals surface area contributed by atoms with E-state index in [0.717, 1.165) is 17.9 Å². The Morgan fingerprint density at radius 3 is 1.45 bits per heavy atom. The second kappa shape index (κ2) is 9.09. The highest BCUT2D eigenvalue weighted by atomic mass is 35.7. The average molecular weight is 485 g/mol. The Bertz CT molecular complexity index is 953. The van der Waals surface area contributed by atoms with E-state index in [1.807, 2.05) is 0 Å². The molecule has 0 radical (unpaired) electrons.